The highest BCUT2D eigenvalue weighted by molar-refractivity contribution is 7.85. The van der Waals surface area contributed by atoms with E-state index in [0.717, 1.165) is 52.7 Å². The third kappa shape index (κ3) is 22.4. The van der Waals surface area contributed by atoms with Crippen LogP contribution in [0.5, 0.6) is 23.0 Å². The third-order valence-electron chi connectivity index (χ3n) is 10.2. The number of carboxylic acid groups (broad SMARTS) is 4. The van der Waals surface area contributed by atoms with Crippen LogP contribution in [-0.2, 0) is 64.8 Å². The summed E-state index contributed by atoms with van der Waals surface area (Å²) in [4.78, 5) is 61.3. The van der Waals surface area contributed by atoms with Gasteiger partial charge in [0.1, 0.15) is 25.4 Å². The fourth-order valence-corrected chi connectivity index (χ4v) is 7.38. The summed E-state index contributed by atoms with van der Waals surface area (Å²) in [6, 6.07) is 33.9. The van der Waals surface area contributed by atoms with Crippen LogP contribution in [0.3, 0.4) is 0 Å². The average Bonchev–Trinajstić information content (AvgIpc) is 3.95. The number of carbonyl (C=O) groups is 6. The molecule has 21 nitrogen and oxygen atoms in total. The van der Waals surface area contributed by atoms with Gasteiger partial charge >= 0.3 is 23.9 Å². The molecule has 0 bridgehead atoms. The fraction of sp³-hybridized carbons (Fsp3) is 0.273. The quantitative estimate of drug-likeness (QED) is 0.0409. The number of benzene rings is 5. The van der Waals surface area contributed by atoms with Gasteiger partial charge in [0, 0.05) is 73.0 Å². The molecule has 5 aromatic carbocycles. The topological polar surface area (TPSA) is 323 Å². The molecule has 4 aliphatic heterocycles. The summed E-state index contributed by atoms with van der Waals surface area (Å²) in [6.45, 7) is 5.83. The summed E-state index contributed by atoms with van der Waals surface area (Å²) in [6.07, 6.45) is 2.81. The summed E-state index contributed by atoms with van der Waals surface area (Å²) in [5.74, 6) is -2.17. The Bertz CT molecular complexity index is 2720. The lowest BCUT2D eigenvalue weighted by molar-refractivity contribution is -0.134. The van der Waals surface area contributed by atoms with Crippen molar-refractivity contribution in [2.45, 2.75) is 79.7 Å². The Labute approximate surface area is 448 Å². The SMILES string of the molecule is C.C.C.C.Cc1ccc(S(=O)(=O)O)cc1.O=C(O)/C=C/C(=O)O.O=C(O)/C=C/C(=O)O.O=C1Cc2c(ccc3c2O[C@@H](CNCc2ccccc2)CO3)N1.O=C1Cc2c(ccc3c2O[C@@H](CNCc2ccccc2)CO3)N1. The van der Waals surface area contributed by atoms with Crippen LogP contribution < -0.4 is 40.2 Å². The van der Waals surface area contributed by atoms with Crippen molar-refractivity contribution in [3.05, 3.63) is 161 Å². The average molecular weight is 1090 g/mol. The predicted octanol–water partition coefficient (Wildman–Crippen LogP) is 7.43. The lowest BCUT2D eigenvalue weighted by Crippen LogP contribution is -2.38. The molecule has 4 aliphatic rings. The van der Waals surface area contributed by atoms with Crippen LogP contribution in [0.1, 0.15) is 57.5 Å². The first-order chi connectivity index (χ1) is 34.8. The Morgan fingerprint density at radius 3 is 1.23 bits per heavy atom. The van der Waals surface area contributed by atoms with Gasteiger partial charge in [-0.05, 0) is 54.4 Å². The summed E-state index contributed by atoms with van der Waals surface area (Å²) in [5.41, 5.74) is 6.89. The van der Waals surface area contributed by atoms with Gasteiger partial charge in [0.25, 0.3) is 10.1 Å². The summed E-state index contributed by atoms with van der Waals surface area (Å²) >= 11 is 0. The van der Waals surface area contributed by atoms with Gasteiger partial charge in [-0.1, -0.05) is 108 Å². The number of carboxylic acids is 4. The number of nitrogens with one attached hydrogen (secondary N) is 4. The van der Waals surface area contributed by atoms with Gasteiger partial charge in [0.05, 0.1) is 17.7 Å². The molecule has 0 spiro atoms. The highest BCUT2D eigenvalue weighted by atomic mass is 32.2. The van der Waals surface area contributed by atoms with E-state index in [0.29, 0.717) is 74.9 Å². The molecule has 416 valence electrons. The zero-order valence-corrected chi connectivity index (χ0v) is 39.9. The summed E-state index contributed by atoms with van der Waals surface area (Å²) < 4.78 is 53.3. The molecule has 22 heteroatoms. The van der Waals surface area contributed by atoms with Crippen molar-refractivity contribution in [3.8, 4) is 23.0 Å². The van der Waals surface area contributed by atoms with Gasteiger partial charge in [-0.15, -0.1) is 0 Å². The third-order valence-corrected chi connectivity index (χ3v) is 11.1. The van der Waals surface area contributed by atoms with Crippen molar-refractivity contribution < 1.29 is 81.1 Å². The van der Waals surface area contributed by atoms with E-state index in [1.54, 1.807) is 12.1 Å². The molecule has 9 rings (SSSR count). The number of amides is 2. The van der Waals surface area contributed by atoms with Crippen molar-refractivity contribution in [3.63, 3.8) is 0 Å². The highest BCUT2D eigenvalue weighted by Crippen LogP contribution is 2.43. The van der Waals surface area contributed by atoms with E-state index in [2.05, 4.69) is 45.5 Å². The Hall–Kier alpha value is -8.57. The zero-order valence-electron chi connectivity index (χ0n) is 39.1. The first-order valence-corrected chi connectivity index (χ1v) is 23.6. The highest BCUT2D eigenvalue weighted by Gasteiger charge is 2.31. The molecule has 0 unspecified atom stereocenters. The van der Waals surface area contributed by atoms with E-state index in [-0.39, 0.29) is 58.6 Å². The van der Waals surface area contributed by atoms with Crippen molar-refractivity contribution in [2.75, 3.05) is 36.9 Å². The Morgan fingerprint density at radius 2 is 0.909 bits per heavy atom. The molecule has 4 heterocycles. The molecule has 0 radical (unpaired) electrons. The minimum atomic E-state index is -4.02. The second-order valence-electron chi connectivity index (χ2n) is 15.9. The standard InChI is InChI=1S/2C18H18N2O3.C7H8O3S.2C4H4O4.4CH4/c2*21-17-8-14-15(20-17)6-7-16-18(14)23-13(11-22-16)10-19-9-12-4-2-1-3-5-12;1-6-2-4-7(5-3-6)11(8,9)10;2*5-3(6)1-2-4(7)8;;;;/h2*1-7,13,19H,8-11H2,(H,20,21);2-5H,1H3,(H,8,9,10);2*1-2H,(H,5,6)(H,7,8);4*1H4/b;;;2*2-1+;;;;/t2*13-;;;;;;;/m00......./s1. The van der Waals surface area contributed by atoms with Crippen molar-refractivity contribution >= 4 is 57.2 Å². The summed E-state index contributed by atoms with van der Waals surface area (Å²) in [7, 11) is -4.02. The number of aryl methyl sites for hydroxylation is 1. The molecule has 9 N–H and O–H groups in total. The van der Waals surface area contributed by atoms with Gasteiger partial charge in [0.2, 0.25) is 11.8 Å². The van der Waals surface area contributed by atoms with E-state index in [9.17, 15) is 37.2 Å². The van der Waals surface area contributed by atoms with Crippen LogP contribution in [0.4, 0.5) is 11.4 Å². The van der Waals surface area contributed by atoms with Gasteiger partial charge in [0.15, 0.2) is 23.0 Å². The van der Waals surface area contributed by atoms with Crippen molar-refractivity contribution in [1.29, 1.82) is 0 Å². The normalized spacial score (nSPS) is 14.6. The first kappa shape index (κ1) is 66.4. The maximum Gasteiger partial charge on any atom is 0.328 e. The van der Waals surface area contributed by atoms with Gasteiger partial charge in [-0.3, -0.25) is 14.1 Å². The zero-order chi connectivity index (χ0) is 52.9. The van der Waals surface area contributed by atoms with Gasteiger partial charge in [-0.2, -0.15) is 8.42 Å². The molecule has 0 saturated heterocycles. The fourth-order valence-electron chi connectivity index (χ4n) is 6.90. The Kier molecular flexibility index (Phi) is 28.2. The smallest absolute Gasteiger partial charge is 0.328 e. The monoisotopic (exact) mass is 1090 g/mol. The number of rotatable bonds is 13. The molecule has 77 heavy (non-hydrogen) atoms. The van der Waals surface area contributed by atoms with Crippen molar-refractivity contribution in [1.82, 2.24) is 10.6 Å². The minimum absolute atomic E-state index is 0. The molecule has 0 aliphatic carbocycles. The van der Waals surface area contributed by atoms with Crippen LogP contribution in [0.2, 0.25) is 0 Å². The number of carbonyl (C=O) groups excluding carboxylic acids is 2. The second kappa shape index (κ2) is 32.7. The maximum absolute atomic E-state index is 11.6. The molecule has 0 fully saturated rings. The van der Waals surface area contributed by atoms with Gasteiger partial charge in [-0.25, -0.2) is 19.2 Å². The molecule has 5 aromatic rings. The molecular weight excluding hydrogens is 1020 g/mol. The molecule has 2 atom stereocenters. The van der Waals surface area contributed by atoms with Crippen LogP contribution in [0.25, 0.3) is 0 Å². The van der Waals surface area contributed by atoms with E-state index in [1.165, 1.54) is 23.3 Å². The van der Waals surface area contributed by atoms with E-state index >= 15 is 0 Å². The first-order valence-electron chi connectivity index (χ1n) is 22.2. The maximum atomic E-state index is 11.6. The van der Waals surface area contributed by atoms with Crippen LogP contribution >= 0.6 is 0 Å². The van der Waals surface area contributed by atoms with Crippen LogP contribution in [0.15, 0.2) is 138 Å². The molecular formula is C55H68N4O17S. The van der Waals surface area contributed by atoms with E-state index in [4.69, 9.17) is 43.9 Å². The lowest BCUT2D eigenvalue weighted by Gasteiger charge is -2.28. The number of fused-ring (bicyclic) bond motifs is 6. The number of ether oxygens (including phenoxy) is 4. The van der Waals surface area contributed by atoms with E-state index < -0.39 is 34.0 Å². The molecule has 0 saturated carbocycles. The lowest BCUT2D eigenvalue weighted by atomic mass is 10.1. The largest absolute Gasteiger partial charge is 0.486 e. The minimum Gasteiger partial charge on any atom is -0.486 e. The summed E-state index contributed by atoms with van der Waals surface area (Å²) in [5, 5.41) is 43.7. The van der Waals surface area contributed by atoms with Crippen LogP contribution in [-0.4, -0.2) is 108 Å². The molecule has 0 aromatic heterocycles. The van der Waals surface area contributed by atoms with Gasteiger partial charge < -0.3 is 60.6 Å². The number of anilines is 2. The van der Waals surface area contributed by atoms with Crippen LogP contribution in [0, 0.1) is 6.92 Å². The number of hydrogen-bond donors (Lipinski definition) is 9. The van der Waals surface area contributed by atoms with E-state index in [1.807, 2.05) is 67.6 Å². The number of hydrogen-bond acceptors (Lipinski definition) is 14. The number of aliphatic carboxylic acids is 4. The molecule has 2 amide bonds. The predicted molar refractivity (Wildman–Crippen MR) is 290 cm³/mol. The Balaban J connectivity index is 0.000000513. The van der Waals surface area contributed by atoms with Crippen molar-refractivity contribution in [2.24, 2.45) is 0 Å². The second-order valence-corrected chi connectivity index (χ2v) is 17.4. The Morgan fingerprint density at radius 1 is 0.558 bits per heavy atom.